The van der Waals surface area contributed by atoms with Crippen molar-refractivity contribution in [2.75, 3.05) is 13.7 Å². The minimum atomic E-state index is -0.964. The number of aromatic nitrogens is 1. The summed E-state index contributed by atoms with van der Waals surface area (Å²) in [6.07, 6.45) is -0.518. The van der Waals surface area contributed by atoms with E-state index in [0.717, 1.165) is 27.9 Å². The van der Waals surface area contributed by atoms with E-state index in [0.29, 0.717) is 29.4 Å². The Hall–Kier alpha value is -3.25. The van der Waals surface area contributed by atoms with E-state index in [1.54, 1.807) is 17.7 Å². The summed E-state index contributed by atoms with van der Waals surface area (Å²) in [5, 5.41) is 9.99. The van der Waals surface area contributed by atoms with Crippen LogP contribution in [-0.4, -0.2) is 34.3 Å². The Bertz CT molecular complexity index is 1200. The second-order valence-corrected chi connectivity index (χ2v) is 7.69. The molecular formula is C23H21ClN2O4. The Kier molecular flexibility index (Phi) is 5.26. The highest BCUT2D eigenvalue weighted by atomic mass is 35.5. The van der Waals surface area contributed by atoms with Gasteiger partial charge in [0.15, 0.2) is 0 Å². The molecule has 0 radical (unpaired) electrons. The number of hydrogen-bond acceptors (Lipinski definition) is 3. The third-order valence-corrected chi connectivity index (χ3v) is 5.87. The van der Waals surface area contributed by atoms with Crippen LogP contribution in [0, 0.1) is 6.92 Å². The van der Waals surface area contributed by atoms with Crippen LogP contribution in [0.1, 0.15) is 16.8 Å². The van der Waals surface area contributed by atoms with Gasteiger partial charge in [-0.05, 0) is 53.4 Å². The first-order valence-corrected chi connectivity index (χ1v) is 9.93. The van der Waals surface area contributed by atoms with Crippen molar-refractivity contribution in [3.8, 4) is 22.6 Å². The van der Waals surface area contributed by atoms with Gasteiger partial charge in [-0.1, -0.05) is 29.8 Å². The lowest BCUT2D eigenvalue weighted by molar-refractivity contribution is 0.139. The molecule has 1 aliphatic heterocycles. The van der Waals surface area contributed by atoms with Gasteiger partial charge in [0, 0.05) is 29.7 Å². The Morgan fingerprint density at radius 2 is 1.83 bits per heavy atom. The SMILES string of the molecule is COc1ccc(-c2ccc(C)c(Cl)c2)cc1-n1c2c(ccc1=O)CN(C(=O)O)CC2. The van der Waals surface area contributed by atoms with E-state index in [4.69, 9.17) is 16.3 Å². The number of amides is 1. The van der Waals surface area contributed by atoms with E-state index < -0.39 is 6.09 Å². The fraction of sp³-hybridized carbons (Fsp3) is 0.217. The van der Waals surface area contributed by atoms with E-state index >= 15 is 0 Å². The zero-order valence-electron chi connectivity index (χ0n) is 16.7. The van der Waals surface area contributed by atoms with Gasteiger partial charge < -0.3 is 14.7 Å². The van der Waals surface area contributed by atoms with E-state index in [2.05, 4.69) is 0 Å². The van der Waals surface area contributed by atoms with Gasteiger partial charge in [-0.15, -0.1) is 0 Å². The van der Waals surface area contributed by atoms with Gasteiger partial charge >= 0.3 is 6.09 Å². The Morgan fingerprint density at radius 1 is 1.10 bits per heavy atom. The Labute approximate surface area is 178 Å². The van der Waals surface area contributed by atoms with Gasteiger partial charge in [-0.25, -0.2) is 4.79 Å². The fourth-order valence-electron chi connectivity index (χ4n) is 3.81. The zero-order chi connectivity index (χ0) is 21.4. The van der Waals surface area contributed by atoms with Crippen LogP contribution in [-0.2, 0) is 13.0 Å². The molecule has 4 rings (SSSR count). The number of carboxylic acid groups (broad SMARTS) is 1. The van der Waals surface area contributed by atoms with Crippen molar-refractivity contribution in [1.29, 1.82) is 0 Å². The lowest BCUT2D eigenvalue weighted by atomic mass is 10.0. The van der Waals surface area contributed by atoms with Crippen molar-refractivity contribution in [2.24, 2.45) is 0 Å². The first-order valence-electron chi connectivity index (χ1n) is 9.55. The van der Waals surface area contributed by atoms with Crippen molar-refractivity contribution in [1.82, 2.24) is 9.47 Å². The van der Waals surface area contributed by atoms with Crippen LogP contribution in [0.4, 0.5) is 4.79 Å². The van der Waals surface area contributed by atoms with Crippen LogP contribution in [0.25, 0.3) is 16.8 Å². The Balaban J connectivity index is 1.88. The van der Waals surface area contributed by atoms with Gasteiger partial charge in [-0.2, -0.15) is 0 Å². The van der Waals surface area contributed by atoms with Gasteiger partial charge in [0.05, 0.1) is 19.3 Å². The molecule has 0 fully saturated rings. The second kappa shape index (κ2) is 7.88. The summed E-state index contributed by atoms with van der Waals surface area (Å²) in [6.45, 7) is 2.53. The molecule has 1 amide bonds. The normalized spacial score (nSPS) is 13.1. The molecule has 6 nitrogen and oxygen atoms in total. The van der Waals surface area contributed by atoms with Crippen molar-refractivity contribution in [3.63, 3.8) is 0 Å². The number of halogens is 1. The summed E-state index contributed by atoms with van der Waals surface area (Å²) in [5.41, 5.74) is 4.88. The van der Waals surface area contributed by atoms with Crippen LogP contribution < -0.4 is 10.3 Å². The summed E-state index contributed by atoms with van der Waals surface area (Å²) >= 11 is 6.31. The highest BCUT2D eigenvalue weighted by molar-refractivity contribution is 6.31. The summed E-state index contributed by atoms with van der Waals surface area (Å²) in [7, 11) is 1.56. The van der Waals surface area contributed by atoms with Crippen LogP contribution >= 0.6 is 11.6 Å². The van der Waals surface area contributed by atoms with Gasteiger partial charge in [0.1, 0.15) is 5.75 Å². The van der Waals surface area contributed by atoms with Gasteiger partial charge in [0.25, 0.3) is 5.56 Å². The van der Waals surface area contributed by atoms with Crippen molar-refractivity contribution >= 4 is 17.7 Å². The molecular weight excluding hydrogens is 404 g/mol. The van der Waals surface area contributed by atoms with Crippen molar-refractivity contribution in [2.45, 2.75) is 19.9 Å². The van der Waals surface area contributed by atoms with E-state index in [-0.39, 0.29) is 12.1 Å². The molecule has 7 heteroatoms. The number of rotatable bonds is 3. The largest absolute Gasteiger partial charge is 0.495 e. The van der Waals surface area contributed by atoms with Gasteiger partial charge in [0.2, 0.25) is 0 Å². The van der Waals surface area contributed by atoms with E-state index in [9.17, 15) is 14.7 Å². The maximum atomic E-state index is 12.9. The number of carbonyl (C=O) groups is 1. The standard InChI is InChI=1S/C23H21ClN2O4/c1-14-3-4-15(11-18(14)24)16-5-7-21(30-2)20(12-16)26-19-9-10-25(23(28)29)13-17(19)6-8-22(26)27/h3-8,11-12H,9-10,13H2,1-2H3,(H,28,29). The number of fused-ring (bicyclic) bond motifs is 1. The third-order valence-electron chi connectivity index (χ3n) is 5.46. The molecule has 3 aromatic rings. The predicted molar refractivity (Wildman–Crippen MR) is 116 cm³/mol. The molecule has 0 unspecified atom stereocenters. The number of pyridine rings is 1. The molecule has 0 saturated carbocycles. The summed E-state index contributed by atoms with van der Waals surface area (Å²) in [5.74, 6) is 0.563. The molecule has 0 bridgehead atoms. The summed E-state index contributed by atoms with van der Waals surface area (Å²) in [6, 6.07) is 14.7. The quantitative estimate of drug-likeness (QED) is 0.671. The number of methoxy groups -OCH3 is 1. The molecule has 0 spiro atoms. The molecule has 1 N–H and O–H groups in total. The topological polar surface area (TPSA) is 71.8 Å². The van der Waals surface area contributed by atoms with Crippen LogP contribution in [0.5, 0.6) is 5.75 Å². The molecule has 0 saturated heterocycles. The first-order chi connectivity index (χ1) is 14.4. The average molecular weight is 425 g/mol. The van der Waals surface area contributed by atoms with E-state index in [1.807, 2.05) is 43.3 Å². The maximum Gasteiger partial charge on any atom is 0.407 e. The highest BCUT2D eigenvalue weighted by Gasteiger charge is 2.24. The number of hydrogen-bond donors (Lipinski definition) is 1. The van der Waals surface area contributed by atoms with E-state index in [1.165, 1.54) is 11.0 Å². The van der Waals surface area contributed by atoms with Gasteiger partial charge in [-0.3, -0.25) is 9.36 Å². The van der Waals surface area contributed by atoms with Crippen LogP contribution in [0.15, 0.2) is 53.3 Å². The minimum Gasteiger partial charge on any atom is -0.495 e. The monoisotopic (exact) mass is 424 g/mol. The lowest BCUT2D eigenvalue weighted by Gasteiger charge is -2.28. The second-order valence-electron chi connectivity index (χ2n) is 7.28. The predicted octanol–water partition coefficient (Wildman–Crippen LogP) is 4.51. The summed E-state index contributed by atoms with van der Waals surface area (Å²) in [4.78, 5) is 25.6. The van der Waals surface area contributed by atoms with Crippen molar-refractivity contribution in [3.05, 3.63) is 80.7 Å². The molecule has 30 heavy (non-hydrogen) atoms. The van der Waals surface area contributed by atoms with Crippen molar-refractivity contribution < 1.29 is 14.6 Å². The zero-order valence-corrected chi connectivity index (χ0v) is 17.4. The Morgan fingerprint density at radius 3 is 2.53 bits per heavy atom. The molecule has 0 aliphatic carbocycles. The molecule has 154 valence electrons. The summed E-state index contributed by atoms with van der Waals surface area (Å²) < 4.78 is 7.18. The average Bonchev–Trinajstić information content (AvgIpc) is 2.74. The van der Waals surface area contributed by atoms with Crippen LogP contribution in [0.3, 0.4) is 0 Å². The van der Waals surface area contributed by atoms with Crippen LogP contribution in [0.2, 0.25) is 5.02 Å². The molecule has 1 aliphatic rings. The highest BCUT2D eigenvalue weighted by Crippen LogP contribution is 2.32. The first kappa shape index (κ1) is 20.0. The number of ether oxygens (including phenoxy) is 1. The molecule has 2 aromatic carbocycles. The number of benzene rings is 2. The smallest absolute Gasteiger partial charge is 0.407 e. The lowest BCUT2D eigenvalue weighted by Crippen LogP contribution is -2.38. The molecule has 1 aromatic heterocycles. The molecule has 2 heterocycles. The minimum absolute atomic E-state index is 0.185. The fourth-order valence-corrected chi connectivity index (χ4v) is 3.99. The maximum absolute atomic E-state index is 12.9. The third kappa shape index (κ3) is 3.55. The number of nitrogens with zero attached hydrogens (tertiary/aromatic N) is 2. The number of aryl methyl sites for hydroxylation is 1. The molecule has 0 atom stereocenters.